The van der Waals surface area contributed by atoms with E-state index in [9.17, 15) is 4.79 Å². The Hall–Kier alpha value is -2.71. The average molecular weight is 263 g/mol. The number of nitrogens with two attached hydrogens (primary N) is 1. The van der Waals surface area contributed by atoms with Gasteiger partial charge in [0.2, 0.25) is 5.95 Å². The van der Waals surface area contributed by atoms with Crippen LogP contribution in [0.5, 0.6) is 6.01 Å². The van der Waals surface area contributed by atoms with E-state index in [-0.39, 0.29) is 29.5 Å². The highest BCUT2D eigenvalue weighted by Crippen LogP contribution is 2.09. The molecular weight excluding hydrogens is 250 g/mol. The lowest BCUT2D eigenvalue weighted by molar-refractivity contribution is 0.0957. The standard InChI is InChI=1S/C10H13N7O2/c1-3-19-10-14-8(11)13-9(15-10)17-5-4-6(16-17)7(18)12-2/h4-5H,3H2,1-2H3,(H,12,18)(H2,11,13,14,15). The molecule has 2 heterocycles. The van der Waals surface area contributed by atoms with Crippen molar-refractivity contribution in [3.05, 3.63) is 18.0 Å². The van der Waals surface area contributed by atoms with Gasteiger partial charge in [0.05, 0.1) is 6.61 Å². The summed E-state index contributed by atoms with van der Waals surface area (Å²) < 4.78 is 6.49. The van der Waals surface area contributed by atoms with Crippen molar-refractivity contribution in [1.29, 1.82) is 0 Å². The minimum atomic E-state index is -0.300. The fourth-order valence-corrected chi connectivity index (χ4v) is 1.34. The van der Waals surface area contributed by atoms with E-state index in [1.807, 2.05) is 0 Å². The molecule has 0 unspecified atom stereocenters. The first-order valence-corrected chi connectivity index (χ1v) is 5.56. The maximum Gasteiger partial charge on any atom is 0.323 e. The van der Waals surface area contributed by atoms with E-state index >= 15 is 0 Å². The highest BCUT2D eigenvalue weighted by molar-refractivity contribution is 5.91. The fourth-order valence-electron chi connectivity index (χ4n) is 1.34. The minimum Gasteiger partial charge on any atom is -0.464 e. The number of hydrogen-bond donors (Lipinski definition) is 2. The highest BCUT2D eigenvalue weighted by atomic mass is 16.5. The molecule has 0 saturated heterocycles. The van der Waals surface area contributed by atoms with Gasteiger partial charge < -0.3 is 15.8 Å². The van der Waals surface area contributed by atoms with Crippen LogP contribution in [0.4, 0.5) is 5.95 Å². The summed E-state index contributed by atoms with van der Waals surface area (Å²) in [6, 6.07) is 1.65. The van der Waals surface area contributed by atoms with Gasteiger partial charge in [-0.05, 0) is 13.0 Å². The second-order valence-electron chi connectivity index (χ2n) is 3.43. The highest BCUT2D eigenvalue weighted by Gasteiger charge is 2.11. The SMILES string of the molecule is CCOc1nc(N)nc(-n2ccc(C(=O)NC)n2)n1. The first-order chi connectivity index (χ1) is 9.13. The molecule has 0 aliphatic carbocycles. The normalized spacial score (nSPS) is 10.2. The number of amides is 1. The van der Waals surface area contributed by atoms with E-state index < -0.39 is 0 Å². The van der Waals surface area contributed by atoms with Gasteiger partial charge in [-0.2, -0.15) is 20.1 Å². The number of aromatic nitrogens is 5. The zero-order chi connectivity index (χ0) is 13.8. The van der Waals surface area contributed by atoms with Crippen molar-refractivity contribution in [2.24, 2.45) is 0 Å². The molecule has 0 saturated carbocycles. The summed E-state index contributed by atoms with van der Waals surface area (Å²) in [5.74, 6) is -0.0950. The monoisotopic (exact) mass is 263 g/mol. The van der Waals surface area contributed by atoms with Gasteiger partial charge in [0, 0.05) is 13.2 Å². The maximum absolute atomic E-state index is 11.4. The van der Waals surface area contributed by atoms with Crippen LogP contribution >= 0.6 is 0 Å². The minimum absolute atomic E-state index is 0.0189. The quantitative estimate of drug-likeness (QED) is 0.755. The van der Waals surface area contributed by atoms with Crippen LogP contribution in [-0.4, -0.2) is 44.3 Å². The van der Waals surface area contributed by atoms with Crippen LogP contribution in [0.25, 0.3) is 5.95 Å². The van der Waals surface area contributed by atoms with Gasteiger partial charge in [0.15, 0.2) is 5.69 Å². The number of nitrogens with zero attached hydrogens (tertiary/aromatic N) is 5. The Morgan fingerprint density at radius 1 is 1.47 bits per heavy atom. The average Bonchev–Trinajstić information content (AvgIpc) is 2.87. The van der Waals surface area contributed by atoms with E-state index in [2.05, 4.69) is 25.4 Å². The summed E-state index contributed by atoms with van der Waals surface area (Å²) in [5, 5.41) is 6.51. The van der Waals surface area contributed by atoms with Crippen molar-refractivity contribution in [3.8, 4) is 12.0 Å². The van der Waals surface area contributed by atoms with E-state index in [1.54, 1.807) is 19.2 Å². The number of nitrogen functional groups attached to an aromatic ring is 1. The molecule has 0 bridgehead atoms. The van der Waals surface area contributed by atoms with E-state index in [1.165, 1.54) is 11.7 Å². The van der Waals surface area contributed by atoms with Gasteiger partial charge in [-0.25, -0.2) is 4.68 Å². The van der Waals surface area contributed by atoms with Gasteiger partial charge in [-0.1, -0.05) is 0 Å². The molecule has 3 N–H and O–H groups in total. The van der Waals surface area contributed by atoms with Crippen molar-refractivity contribution in [1.82, 2.24) is 30.0 Å². The first kappa shape index (κ1) is 12.7. The zero-order valence-corrected chi connectivity index (χ0v) is 10.5. The third-order valence-electron chi connectivity index (χ3n) is 2.15. The van der Waals surface area contributed by atoms with Gasteiger partial charge in [-0.3, -0.25) is 4.79 Å². The van der Waals surface area contributed by atoms with Crippen molar-refractivity contribution >= 4 is 11.9 Å². The summed E-state index contributed by atoms with van der Waals surface area (Å²) in [6.45, 7) is 2.21. The Morgan fingerprint density at radius 3 is 2.95 bits per heavy atom. The lowest BCUT2D eigenvalue weighted by Crippen LogP contribution is -2.19. The van der Waals surface area contributed by atoms with Crippen molar-refractivity contribution in [2.75, 3.05) is 19.4 Å². The van der Waals surface area contributed by atoms with Crippen LogP contribution < -0.4 is 15.8 Å². The molecule has 0 radical (unpaired) electrons. The van der Waals surface area contributed by atoms with Crippen molar-refractivity contribution < 1.29 is 9.53 Å². The molecule has 0 aliphatic heterocycles. The molecular formula is C10H13N7O2. The first-order valence-electron chi connectivity index (χ1n) is 5.56. The fraction of sp³-hybridized carbons (Fsp3) is 0.300. The van der Waals surface area contributed by atoms with Crippen LogP contribution in [0.2, 0.25) is 0 Å². The molecule has 9 heteroatoms. The molecule has 2 aromatic heterocycles. The maximum atomic E-state index is 11.4. The molecule has 0 aromatic carbocycles. The number of hydrogen-bond acceptors (Lipinski definition) is 7. The summed E-state index contributed by atoms with van der Waals surface area (Å²) >= 11 is 0. The van der Waals surface area contributed by atoms with Crippen LogP contribution in [0.15, 0.2) is 12.3 Å². The Bertz CT molecular complexity index is 595. The molecule has 19 heavy (non-hydrogen) atoms. The molecule has 0 aliphatic rings. The number of nitrogens with one attached hydrogen (secondary N) is 1. The van der Waals surface area contributed by atoms with Crippen LogP contribution in [-0.2, 0) is 0 Å². The molecule has 1 amide bonds. The second-order valence-corrected chi connectivity index (χ2v) is 3.43. The summed E-state index contributed by atoms with van der Waals surface area (Å²) in [6.07, 6.45) is 1.55. The Kier molecular flexibility index (Phi) is 3.55. The molecule has 0 fully saturated rings. The number of carbonyl (C=O) groups is 1. The van der Waals surface area contributed by atoms with Crippen molar-refractivity contribution in [2.45, 2.75) is 6.92 Å². The van der Waals surface area contributed by atoms with Gasteiger partial charge in [0.25, 0.3) is 11.9 Å². The molecule has 2 rings (SSSR count). The third kappa shape index (κ3) is 2.76. The molecule has 2 aromatic rings. The summed E-state index contributed by atoms with van der Waals surface area (Å²) in [5.41, 5.74) is 5.81. The van der Waals surface area contributed by atoms with Gasteiger partial charge >= 0.3 is 6.01 Å². The van der Waals surface area contributed by atoms with Gasteiger partial charge in [-0.15, -0.1) is 0 Å². The van der Waals surface area contributed by atoms with Crippen LogP contribution in [0, 0.1) is 0 Å². The van der Waals surface area contributed by atoms with Crippen LogP contribution in [0.3, 0.4) is 0 Å². The van der Waals surface area contributed by atoms with E-state index in [0.717, 1.165) is 0 Å². The predicted octanol–water partition coefficient (Wildman–Crippen LogP) is -0.602. The van der Waals surface area contributed by atoms with E-state index in [4.69, 9.17) is 10.5 Å². The second kappa shape index (κ2) is 5.29. The third-order valence-corrected chi connectivity index (χ3v) is 2.15. The molecule has 100 valence electrons. The van der Waals surface area contributed by atoms with Crippen LogP contribution in [0.1, 0.15) is 17.4 Å². The van der Waals surface area contributed by atoms with E-state index in [0.29, 0.717) is 6.61 Å². The number of carbonyl (C=O) groups excluding carboxylic acids is 1. The lowest BCUT2D eigenvalue weighted by Gasteiger charge is -2.04. The number of rotatable bonds is 4. The Labute approximate surface area is 108 Å². The predicted molar refractivity (Wildman–Crippen MR) is 65.9 cm³/mol. The molecule has 0 spiro atoms. The lowest BCUT2D eigenvalue weighted by atomic mass is 10.4. The van der Waals surface area contributed by atoms with Gasteiger partial charge in [0.1, 0.15) is 0 Å². The largest absolute Gasteiger partial charge is 0.464 e. The Morgan fingerprint density at radius 2 is 2.26 bits per heavy atom. The summed E-state index contributed by atoms with van der Waals surface area (Å²) in [7, 11) is 1.52. The molecule has 0 atom stereocenters. The zero-order valence-electron chi connectivity index (χ0n) is 10.5. The smallest absolute Gasteiger partial charge is 0.323 e. The number of ether oxygens (including phenoxy) is 1. The summed E-state index contributed by atoms with van der Waals surface area (Å²) in [4.78, 5) is 23.2. The topological polar surface area (TPSA) is 121 Å². The Balaban J connectivity index is 2.35. The molecule has 9 nitrogen and oxygen atoms in total. The van der Waals surface area contributed by atoms with Crippen molar-refractivity contribution in [3.63, 3.8) is 0 Å². The number of anilines is 1.